The van der Waals surface area contributed by atoms with Crippen molar-refractivity contribution in [3.63, 3.8) is 0 Å². The van der Waals surface area contributed by atoms with E-state index in [1.54, 1.807) is 6.20 Å². The number of carbonyl (C=O) groups is 2. The van der Waals surface area contributed by atoms with Crippen molar-refractivity contribution in [1.82, 2.24) is 14.8 Å². The van der Waals surface area contributed by atoms with Gasteiger partial charge >= 0.3 is 5.97 Å². The molecule has 1 saturated heterocycles. The van der Waals surface area contributed by atoms with Gasteiger partial charge in [0.05, 0.1) is 18.6 Å². The van der Waals surface area contributed by atoms with Gasteiger partial charge in [0.25, 0.3) is 0 Å². The Balaban J connectivity index is 1.48. The predicted octanol–water partition coefficient (Wildman–Crippen LogP) is 0.885. The molecule has 0 atom stereocenters. The van der Waals surface area contributed by atoms with E-state index in [-0.39, 0.29) is 18.9 Å². The number of aromatic nitrogens is 1. The highest BCUT2D eigenvalue weighted by molar-refractivity contribution is 5.86. The quantitative estimate of drug-likeness (QED) is 0.799. The summed E-state index contributed by atoms with van der Waals surface area (Å²) in [7, 11) is 0. The minimum atomic E-state index is -0.817. The fourth-order valence-electron chi connectivity index (χ4n) is 2.95. The van der Waals surface area contributed by atoms with Gasteiger partial charge < -0.3 is 9.84 Å². The summed E-state index contributed by atoms with van der Waals surface area (Å²) in [6, 6.07) is 9.36. The maximum Gasteiger partial charge on any atom is 0.317 e. The second kappa shape index (κ2) is 8.04. The first-order valence-electron chi connectivity index (χ1n) is 8.26. The zero-order valence-electron chi connectivity index (χ0n) is 13.9. The zero-order valence-corrected chi connectivity index (χ0v) is 13.9. The van der Waals surface area contributed by atoms with Crippen molar-refractivity contribution in [2.75, 3.05) is 45.9 Å². The number of hydrogen-bond acceptors (Lipinski definition) is 6. The van der Waals surface area contributed by atoms with Crippen LogP contribution in [-0.2, 0) is 9.59 Å². The molecule has 0 saturated carbocycles. The van der Waals surface area contributed by atoms with Crippen LogP contribution in [0.15, 0.2) is 36.5 Å². The molecule has 0 bridgehead atoms. The highest BCUT2D eigenvalue weighted by Crippen LogP contribution is 2.23. The van der Waals surface area contributed by atoms with Gasteiger partial charge in [-0.3, -0.25) is 24.4 Å². The maximum absolute atomic E-state index is 12.2. The summed E-state index contributed by atoms with van der Waals surface area (Å²) in [5, 5.41) is 9.69. The second-order valence-corrected chi connectivity index (χ2v) is 6.10. The summed E-state index contributed by atoms with van der Waals surface area (Å²) in [4.78, 5) is 31.1. The fourth-order valence-corrected chi connectivity index (χ4v) is 2.95. The van der Waals surface area contributed by atoms with Crippen molar-refractivity contribution in [2.24, 2.45) is 0 Å². The molecule has 132 valence electrons. The lowest BCUT2D eigenvalue weighted by molar-refractivity contribution is -0.139. The van der Waals surface area contributed by atoms with Gasteiger partial charge in [-0.25, -0.2) is 0 Å². The first-order chi connectivity index (χ1) is 12.1. The van der Waals surface area contributed by atoms with E-state index in [4.69, 9.17) is 9.84 Å². The van der Waals surface area contributed by atoms with Crippen LogP contribution in [0.4, 0.5) is 0 Å². The number of ketones is 1. The van der Waals surface area contributed by atoms with Crippen molar-refractivity contribution in [2.45, 2.75) is 0 Å². The van der Waals surface area contributed by atoms with Crippen LogP contribution in [-0.4, -0.2) is 77.5 Å². The second-order valence-electron chi connectivity index (χ2n) is 6.10. The third-order valence-corrected chi connectivity index (χ3v) is 4.22. The number of carboxylic acids is 1. The Hall–Kier alpha value is -2.51. The van der Waals surface area contributed by atoms with Crippen molar-refractivity contribution in [1.29, 1.82) is 0 Å². The molecule has 1 aliphatic rings. The summed E-state index contributed by atoms with van der Waals surface area (Å²) in [5.74, 6) is -0.152. The molecule has 3 rings (SSSR count). The molecular weight excluding hydrogens is 322 g/mol. The van der Waals surface area contributed by atoms with Crippen LogP contribution in [0.3, 0.4) is 0 Å². The molecular formula is C18H21N3O4. The Morgan fingerprint density at radius 3 is 2.48 bits per heavy atom. The molecule has 7 nitrogen and oxygen atoms in total. The molecule has 0 radical (unpaired) electrons. The standard InChI is InChI=1S/C18H21N3O4/c22-14(11-20-7-9-21(10-8-20)12-18(23)24)13-25-17-5-1-4-16-15(17)3-2-6-19-16/h1-6H,7-13H2,(H,23,24). The Kier molecular flexibility index (Phi) is 5.57. The highest BCUT2D eigenvalue weighted by Gasteiger charge is 2.20. The number of benzene rings is 1. The van der Waals surface area contributed by atoms with Crippen LogP contribution in [0.1, 0.15) is 0 Å². The van der Waals surface area contributed by atoms with Gasteiger partial charge in [0.1, 0.15) is 12.4 Å². The number of piperazine rings is 1. The third-order valence-electron chi connectivity index (χ3n) is 4.22. The van der Waals surface area contributed by atoms with Gasteiger partial charge in [0.15, 0.2) is 5.78 Å². The van der Waals surface area contributed by atoms with Crippen molar-refractivity contribution in [3.05, 3.63) is 36.5 Å². The van der Waals surface area contributed by atoms with E-state index in [1.165, 1.54) is 0 Å². The van der Waals surface area contributed by atoms with E-state index in [0.29, 0.717) is 38.5 Å². The number of Topliss-reactive ketones (excluding diaryl/α,β-unsaturated/α-hetero) is 1. The van der Waals surface area contributed by atoms with Crippen LogP contribution in [0.25, 0.3) is 10.9 Å². The summed E-state index contributed by atoms with van der Waals surface area (Å²) in [6.45, 7) is 3.10. The van der Waals surface area contributed by atoms with E-state index in [9.17, 15) is 9.59 Å². The van der Waals surface area contributed by atoms with E-state index in [2.05, 4.69) is 4.98 Å². The summed E-state index contributed by atoms with van der Waals surface area (Å²) in [5.41, 5.74) is 0.835. The molecule has 1 N–H and O–H groups in total. The number of ether oxygens (including phenoxy) is 1. The number of rotatable bonds is 7. The molecule has 2 heterocycles. The molecule has 1 fully saturated rings. The molecule has 0 aliphatic carbocycles. The monoisotopic (exact) mass is 343 g/mol. The molecule has 1 aromatic heterocycles. The Bertz CT molecular complexity index is 752. The van der Waals surface area contributed by atoms with Crippen LogP contribution in [0.5, 0.6) is 5.75 Å². The van der Waals surface area contributed by atoms with Gasteiger partial charge in [-0.05, 0) is 24.3 Å². The molecule has 1 aromatic carbocycles. The number of carboxylic acid groups (broad SMARTS) is 1. The van der Waals surface area contributed by atoms with Gasteiger partial charge in [0, 0.05) is 37.8 Å². The molecule has 1 aliphatic heterocycles. The minimum Gasteiger partial charge on any atom is -0.485 e. The van der Waals surface area contributed by atoms with E-state index < -0.39 is 5.97 Å². The Morgan fingerprint density at radius 1 is 1.04 bits per heavy atom. The Labute approximate surface area is 145 Å². The smallest absolute Gasteiger partial charge is 0.317 e. The van der Waals surface area contributed by atoms with Crippen LogP contribution in [0.2, 0.25) is 0 Å². The highest BCUT2D eigenvalue weighted by atomic mass is 16.5. The van der Waals surface area contributed by atoms with Gasteiger partial charge in [0.2, 0.25) is 0 Å². The summed E-state index contributed by atoms with van der Waals surface area (Å²) >= 11 is 0. The van der Waals surface area contributed by atoms with Crippen LogP contribution < -0.4 is 4.74 Å². The predicted molar refractivity (Wildman–Crippen MR) is 92.8 cm³/mol. The first kappa shape index (κ1) is 17.3. The lowest BCUT2D eigenvalue weighted by Crippen LogP contribution is -2.49. The first-order valence-corrected chi connectivity index (χ1v) is 8.26. The van der Waals surface area contributed by atoms with E-state index in [1.807, 2.05) is 40.1 Å². The zero-order chi connectivity index (χ0) is 17.6. The topological polar surface area (TPSA) is 83.0 Å². The summed E-state index contributed by atoms with van der Waals surface area (Å²) in [6.07, 6.45) is 1.72. The molecule has 0 spiro atoms. The van der Waals surface area contributed by atoms with Crippen molar-refractivity contribution >= 4 is 22.7 Å². The van der Waals surface area contributed by atoms with Crippen molar-refractivity contribution in [3.8, 4) is 5.75 Å². The van der Waals surface area contributed by atoms with Gasteiger partial charge in [-0.2, -0.15) is 0 Å². The number of hydrogen-bond donors (Lipinski definition) is 1. The SMILES string of the molecule is O=C(O)CN1CCN(CC(=O)COc2cccc3ncccc23)CC1. The lowest BCUT2D eigenvalue weighted by Gasteiger charge is -2.33. The van der Waals surface area contributed by atoms with Crippen LogP contribution in [0, 0.1) is 0 Å². The minimum absolute atomic E-state index is 0.00702. The average molecular weight is 343 g/mol. The molecule has 7 heteroatoms. The van der Waals surface area contributed by atoms with E-state index >= 15 is 0 Å². The number of carbonyl (C=O) groups excluding carboxylic acids is 1. The molecule has 0 amide bonds. The van der Waals surface area contributed by atoms with Crippen LogP contribution >= 0.6 is 0 Å². The number of nitrogens with zero attached hydrogens (tertiary/aromatic N) is 3. The largest absolute Gasteiger partial charge is 0.485 e. The molecule has 0 unspecified atom stereocenters. The number of fused-ring (bicyclic) bond motifs is 1. The number of pyridine rings is 1. The molecule has 2 aromatic rings. The lowest BCUT2D eigenvalue weighted by atomic mass is 10.2. The molecule has 25 heavy (non-hydrogen) atoms. The Morgan fingerprint density at radius 2 is 1.76 bits per heavy atom. The maximum atomic E-state index is 12.2. The summed E-state index contributed by atoms with van der Waals surface area (Å²) < 4.78 is 5.69. The fraction of sp³-hybridized carbons (Fsp3) is 0.389. The average Bonchev–Trinajstić information content (AvgIpc) is 2.61. The van der Waals surface area contributed by atoms with E-state index in [0.717, 1.165) is 10.9 Å². The number of aliphatic carboxylic acids is 1. The normalized spacial score (nSPS) is 16.0. The van der Waals surface area contributed by atoms with Gasteiger partial charge in [-0.1, -0.05) is 6.07 Å². The third kappa shape index (κ3) is 4.74. The van der Waals surface area contributed by atoms with Gasteiger partial charge in [-0.15, -0.1) is 0 Å². The van der Waals surface area contributed by atoms with Crippen molar-refractivity contribution < 1.29 is 19.4 Å².